The van der Waals surface area contributed by atoms with Gasteiger partial charge in [-0.15, -0.1) is 11.3 Å². The van der Waals surface area contributed by atoms with Gasteiger partial charge in [0.05, 0.1) is 34.8 Å². The molecule has 0 fully saturated rings. The summed E-state index contributed by atoms with van der Waals surface area (Å²) in [6.45, 7) is 3.22. The molecular formula is C18H18N4O3S3. The third-order valence-corrected chi connectivity index (χ3v) is 7.32. The van der Waals surface area contributed by atoms with Gasteiger partial charge in [0.1, 0.15) is 0 Å². The molecule has 28 heavy (non-hydrogen) atoms. The molecule has 2 aromatic heterocycles. The lowest BCUT2D eigenvalue weighted by molar-refractivity contribution is -0.129. The lowest BCUT2D eigenvalue weighted by Crippen LogP contribution is -2.36. The molecule has 1 aliphatic heterocycles. The Labute approximate surface area is 174 Å². The first-order valence-corrected chi connectivity index (χ1v) is 11.4. The summed E-state index contributed by atoms with van der Waals surface area (Å²) in [5.41, 5.74) is 1.91. The Morgan fingerprint density at radius 2 is 2.14 bits per heavy atom. The van der Waals surface area contributed by atoms with E-state index in [1.54, 1.807) is 18.3 Å². The number of fused-ring (bicyclic) bond motifs is 2. The fourth-order valence-electron chi connectivity index (χ4n) is 2.84. The van der Waals surface area contributed by atoms with Gasteiger partial charge in [0, 0.05) is 17.8 Å². The van der Waals surface area contributed by atoms with E-state index in [0.717, 1.165) is 25.1 Å². The predicted molar refractivity (Wildman–Crippen MR) is 112 cm³/mol. The first kappa shape index (κ1) is 19.2. The van der Waals surface area contributed by atoms with Crippen molar-refractivity contribution in [1.82, 2.24) is 14.9 Å². The zero-order valence-corrected chi connectivity index (χ0v) is 17.6. The predicted octanol–water partition coefficient (Wildman–Crippen LogP) is 4.00. The third kappa shape index (κ3) is 4.29. The summed E-state index contributed by atoms with van der Waals surface area (Å²) in [5, 5.41) is 3.15. The molecule has 10 heteroatoms. The molecule has 0 unspecified atom stereocenters. The SMILES string of the molecule is CCOC(=O)Nc1nc2c(s1)CN(C(=O)CSc1nc3ccccc3s1)CC2. The molecule has 3 aromatic rings. The van der Waals surface area contributed by atoms with Crippen molar-refractivity contribution in [2.45, 2.75) is 24.2 Å². The topological polar surface area (TPSA) is 84.4 Å². The van der Waals surface area contributed by atoms with Crippen molar-refractivity contribution in [3.8, 4) is 0 Å². The number of hydrogen-bond acceptors (Lipinski definition) is 8. The number of carbonyl (C=O) groups excluding carboxylic acids is 2. The van der Waals surface area contributed by atoms with Gasteiger partial charge < -0.3 is 9.64 Å². The van der Waals surface area contributed by atoms with Crippen molar-refractivity contribution in [3.63, 3.8) is 0 Å². The number of nitrogens with zero attached hydrogens (tertiary/aromatic N) is 3. The van der Waals surface area contributed by atoms with Crippen LogP contribution in [0.3, 0.4) is 0 Å². The summed E-state index contributed by atoms with van der Waals surface area (Å²) in [5.74, 6) is 0.449. The first-order valence-electron chi connectivity index (χ1n) is 8.81. The monoisotopic (exact) mass is 434 g/mol. The van der Waals surface area contributed by atoms with Gasteiger partial charge in [-0.2, -0.15) is 0 Å². The van der Waals surface area contributed by atoms with Crippen LogP contribution in [0.4, 0.5) is 9.93 Å². The number of anilines is 1. The smallest absolute Gasteiger partial charge is 0.413 e. The van der Waals surface area contributed by atoms with Gasteiger partial charge in [-0.3, -0.25) is 10.1 Å². The van der Waals surface area contributed by atoms with Crippen molar-refractivity contribution in [1.29, 1.82) is 0 Å². The molecule has 3 heterocycles. The van der Waals surface area contributed by atoms with E-state index in [-0.39, 0.29) is 5.91 Å². The Morgan fingerprint density at radius 3 is 2.96 bits per heavy atom. The van der Waals surface area contributed by atoms with E-state index in [1.807, 2.05) is 29.2 Å². The number of benzene rings is 1. The number of para-hydroxylation sites is 1. The summed E-state index contributed by atoms with van der Waals surface area (Å²) in [6, 6.07) is 7.98. The van der Waals surface area contributed by atoms with Gasteiger partial charge in [0.15, 0.2) is 9.47 Å². The molecule has 1 aromatic carbocycles. The Kier molecular flexibility index (Phi) is 5.79. The Hall–Kier alpha value is -2.17. The highest BCUT2D eigenvalue weighted by Gasteiger charge is 2.25. The number of nitrogens with one attached hydrogen (secondary N) is 1. The van der Waals surface area contributed by atoms with Crippen molar-refractivity contribution < 1.29 is 14.3 Å². The summed E-state index contributed by atoms with van der Waals surface area (Å²) in [6.07, 6.45) is 0.183. The molecule has 4 rings (SSSR count). The Bertz CT molecular complexity index is 984. The van der Waals surface area contributed by atoms with E-state index in [9.17, 15) is 9.59 Å². The fraction of sp³-hybridized carbons (Fsp3) is 0.333. The van der Waals surface area contributed by atoms with E-state index in [0.29, 0.717) is 37.0 Å². The lowest BCUT2D eigenvalue weighted by atomic mass is 10.2. The number of amides is 2. The van der Waals surface area contributed by atoms with E-state index in [2.05, 4.69) is 15.3 Å². The van der Waals surface area contributed by atoms with E-state index in [4.69, 9.17) is 4.74 Å². The molecule has 0 saturated heterocycles. The van der Waals surface area contributed by atoms with Crippen LogP contribution in [0.5, 0.6) is 0 Å². The largest absolute Gasteiger partial charge is 0.450 e. The average molecular weight is 435 g/mol. The van der Waals surface area contributed by atoms with E-state index < -0.39 is 6.09 Å². The molecule has 146 valence electrons. The molecule has 0 bridgehead atoms. The maximum Gasteiger partial charge on any atom is 0.413 e. The van der Waals surface area contributed by atoms with Crippen molar-refractivity contribution in [2.75, 3.05) is 24.2 Å². The van der Waals surface area contributed by atoms with Crippen LogP contribution in [0.15, 0.2) is 28.6 Å². The van der Waals surface area contributed by atoms with Crippen LogP contribution in [0.25, 0.3) is 10.2 Å². The molecular weight excluding hydrogens is 416 g/mol. The molecule has 2 amide bonds. The van der Waals surface area contributed by atoms with Crippen molar-refractivity contribution in [3.05, 3.63) is 34.8 Å². The minimum absolute atomic E-state index is 0.0863. The molecule has 0 saturated carbocycles. The first-order chi connectivity index (χ1) is 13.6. The van der Waals surface area contributed by atoms with Crippen LogP contribution in [0, 0.1) is 0 Å². The van der Waals surface area contributed by atoms with Crippen LogP contribution < -0.4 is 5.32 Å². The zero-order valence-electron chi connectivity index (χ0n) is 15.1. The second-order valence-electron chi connectivity index (χ2n) is 6.04. The van der Waals surface area contributed by atoms with Gasteiger partial charge in [0.2, 0.25) is 5.91 Å². The van der Waals surface area contributed by atoms with Crippen LogP contribution in [-0.4, -0.2) is 45.8 Å². The minimum atomic E-state index is -0.506. The number of hydrogen-bond donors (Lipinski definition) is 1. The maximum atomic E-state index is 12.6. The fourth-order valence-corrected chi connectivity index (χ4v) is 5.82. The average Bonchev–Trinajstić information content (AvgIpc) is 3.28. The Balaban J connectivity index is 1.35. The number of rotatable bonds is 5. The number of thioether (sulfide) groups is 1. The van der Waals surface area contributed by atoms with Gasteiger partial charge in [-0.05, 0) is 19.1 Å². The lowest BCUT2D eigenvalue weighted by Gasteiger charge is -2.25. The normalized spacial score (nSPS) is 13.4. The van der Waals surface area contributed by atoms with Crippen molar-refractivity contribution in [2.24, 2.45) is 0 Å². The summed E-state index contributed by atoms with van der Waals surface area (Å²) >= 11 is 4.48. The number of thiazole rings is 2. The molecule has 0 radical (unpaired) electrons. The summed E-state index contributed by atoms with van der Waals surface area (Å²) in [7, 11) is 0. The second kappa shape index (κ2) is 8.46. The number of carbonyl (C=O) groups is 2. The van der Waals surface area contributed by atoms with Gasteiger partial charge in [0.25, 0.3) is 0 Å². The van der Waals surface area contributed by atoms with Crippen LogP contribution in [0.1, 0.15) is 17.5 Å². The second-order valence-corrected chi connectivity index (χ2v) is 9.37. The number of aromatic nitrogens is 2. The number of ether oxygens (including phenoxy) is 1. The molecule has 1 aliphatic rings. The molecule has 7 nitrogen and oxygen atoms in total. The maximum absolute atomic E-state index is 12.6. The standard InChI is InChI=1S/C18H18N4O3S3/c1-2-25-17(24)21-16-19-12-7-8-22(9-14(12)27-16)15(23)10-26-18-20-11-5-3-4-6-13(11)28-18/h3-6H,2,7-10H2,1H3,(H,19,21,24). The molecule has 1 N–H and O–H groups in total. The van der Waals surface area contributed by atoms with Crippen molar-refractivity contribution >= 4 is 61.8 Å². The summed E-state index contributed by atoms with van der Waals surface area (Å²) < 4.78 is 6.92. The van der Waals surface area contributed by atoms with E-state index in [1.165, 1.54) is 23.1 Å². The summed E-state index contributed by atoms with van der Waals surface area (Å²) in [4.78, 5) is 36.0. The van der Waals surface area contributed by atoms with E-state index >= 15 is 0 Å². The molecule has 0 atom stereocenters. The zero-order chi connectivity index (χ0) is 19.5. The quantitative estimate of drug-likeness (QED) is 0.611. The van der Waals surface area contributed by atoms with Crippen LogP contribution >= 0.6 is 34.4 Å². The highest BCUT2D eigenvalue weighted by atomic mass is 32.2. The minimum Gasteiger partial charge on any atom is -0.450 e. The molecule has 0 spiro atoms. The van der Waals surface area contributed by atoms with Crippen LogP contribution in [0.2, 0.25) is 0 Å². The van der Waals surface area contributed by atoms with Gasteiger partial charge >= 0.3 is 6.09 Å². The van der Waals surface area contributed by atoms with Gasteiger partial charge in [-0.1, -0.05) is 35.2 Å². The third-order valence-electron chi connectivity index (χ3n) is 4.16. The highest BCUT2D eigenvalue weighted by Crippen LogP contribution is 2.31. The highest BCUT2D eigenvalue weighted by molar-refractivity contribution is 8.01. The Morgan fingerprint density at radius 1 is 1.29 bits per heavy atom. The van der Waals surface area contributed by atoms with Gasteiger partial charge in [-0.25, -0.2) is 14.8 Å². The van der Waals surface area contributed by atoms with Crippen LogP contribution in [-0.2, 0) is 22.5 Å². The molecule has 0 aliphatic carbocycles.